The molecule has 0 heterocycles. The topological polar surface area (TPSA) is 85.4 Å². The zero-order valence-electron chi connectivity index (χ0n) is 16.3. The third-order valence-corrected chi connectivity index (χ3v) is 5.12. The van der Waals surface area contributed by atoms with E-state index in [-0.39, 0.29) is 18.1 Å². The molecule has 0 saturated carbocycles. The average molecular weight is 483 g/mol. The quantitative estimate of drug-likeness (QED) is 0.174. The maximum Gasteiger partial charge on any atom is 0.269 e. The Kier molecular flexibility index (Phi) is 7.00. The molecule has 0 aromatic heterocycles. The van der Waals surface area contributed by atoms with Crippen molar-refractivity contribution in [3.63, 3.8) is 0 Å². The number of nitro groups is 1. The fraction of sp³-hybridized carbons (Fsp3) is 0.0870. The summed E-state index contributed by atoms with van der Waals surface area (Å²) in [7, 11) is 1.48. The van der Waals surface area contributed by atoms with E-state index in [0.29, 0.717) is 38.2 Å². The molecule has 0 unspecified atom stereocenters. The number of non-ortho nitro benzene ring substituents is 1. The molecule has 0 aliphatic rings. The van der Waals surface area contributed by atoms with Gasteiger partial charge in [-0.1, -0.05) is 34.1 Å². The second-order valence-electron chi connectivity index (χ2n) is 6.38. The number of halogens is 2. The first-order chi connectivity index (χ1) is 14.9. The molecule has 0 atom stereocenters. The Morgan fingerprint density at radius 1 is 1.19 bits per heavy atom. The highest BCUT2D eigenvalue weighted by molar-refractivity contribution is 9.10. The van der Waals surface area contributed by atoms with Gasteiger partial charge < -0.3 is 9.47 Å². The standard InChI is InChI=1S/C23H16BrFN2O4/c1-30-22-11-17(10-18(13-26)15-6-8-19(9-7-15)27(28)29)20(24)12-23(22)31-14-16-4-2-3-5-21(16)25/h2-12H,14H2,1H3/b18-10-. The van der Waals surface area contributed by atoms with E-state index >= 15 is 0 Å². The Balaban J connectivity index is 1.90. The number of ether oxygens (including phenoxy) is 2. The van der Waals surface area contributed by atoms with Crippen molar-refractivity contribution in [3.05, 3.63) is 97.8 Å². The largest absolute Gasteiger partial charge is 0.493 e. The molecule has 0 radical (unpaired) electrons. The van der Waals surface area contributed by atoms with Crippen LogP contribution in [0, 0.1) is 27.3 Å². The fourth-order valence-corrected chi connectivity index (χ4v) is 3.24. The van der Waals surface area contributed by atoms with Gasteiger partial charge in [0.25, 0.3) is 5.69 Å². The molecule has 3 aromatic rings. The maximum atomic E-state index is 13.8. The number of methoxy groups -OCH3 is 1. The lowest BCUT2D eigenvalue weighted by Gasteiger charge is -2.13. The minimum Gasteiger partial charge on any atom is -0.493 e. The summed E-state index contributed by atoms with van der Waals surface area (Å²) >= 11 is 3.46. The molecule has 0 aliphatic carbocycles. The van der Waals surface area contributed by atoms with Crippen LogP contribution in [-0.4, -0.2) is 12.0 Å². The Labute approximate surface area is 186 Å². The van der Waals surface area contributed by atoms with Gasteiger partial charge in [0.2, 0.25) is 0 Å². The summed E-state index contributed by atoms with van der Waals surface area (Å²) in [5.74, 6) is 0.456. The van der Waals surface area contributed by atoms with Gasteiger partial charge in [-0.25, -0.2) is 4.39 Å². The zero-order valence-corrected chi connectivity index (χ0v) is 17.9. The first-order valence-corrected chi connectivity index (χ1v) is 9.82. The van der Waals surface area contributed by atoms with E-state index in [9.17, 15) is 19.8 Å². The molecule has 0 aliphatic heterocycles. The van der Waals surface area contributed by atoms with Crippen LogP contribution in [0.1, 0.15) is 16.7 Å². The minimum absolute atomic E-state index is 0.0247. The second-order valence-corrected chi connectivity index (χ2v) is 7.23. The Morgan fingerprint density at radius 3 is 2.52 bits per heavy atom. The van der Waals surface area contributed by atoms with Gasteiger partial charge in [-0.15, -0.1) is 0 Å². The molecule has 0 spiro atoms. The molecule has 0 amide bonds. The fourth-order valence-electron chi connectivity index (χ4n) is 2.80. The molecule has 3 aromatic carbocycles. The Hall–Kier alpha value is -3.70. The molecule has 3 rings (SSSR count). The van der Waals surface area contributed by atoms with Gasteiger partial charge in [-0.2, -0.15) is 5.26 Å². The number of hydrogen-bond acceptors (Lipinski definition) is 5. The van der Waals surface area contributed by atoms with Gasteiger partial charge in [0, 0.05) is 22.2 Å². The number of rotatable bonds is 7. The number of hydrogen-bond donors (Lipinski definition) is 0. The summed E-state index contributed by atoms with van der Waals surface area (Å²) in [5, 5.41) is 20.4. The number of nitrogens with zero attached hydrogens (tertiary/aromatic N) is 2. The molecule has 0 fully saturated rings. The van der Waals surface area contributed by atoms with Crippen molar-refractivity contribution in [1.29, 1.82) is 5.26 Å². The average Bonchev–Trinajstić information content (AvgIpc) is 2.78. The van der Waals surface area contributed by atoms with Crippen LogP contribution in [-0.2, 0) is 6.61 Å². The van der Waals surface area contributed by atoms with Crippen LogP contribution in [0.2, 0.25) is 0 Å². The van der Waals surface area contributed by atoms with E-state index in [1.807, 2.05) is 0 Å². The number of nitro benzene ring substituents is 1. The van der Waals surface area contributed by atoms with E-state index in [1.165, 1.54) is 37.4 Å². The van der Waals surface area contributed by atoms with Crippen LogP contribution in [0.25, 0.3) is 11.6 Å². The summed E-state index contributed by atoms with van der Waals surface area (Å²) in [6.45, 7) is 0.0247. The van der Waals surface area contributed by atoms with Gasteiger partial charge in [-0.3, -0.25) is 10.1 Å². The van der Waals surface area contributed by atoms with Crippen molar-refractivity contribution in [3.8, 4) is 17.6 Å². The van der Waals surface area contributed by atoms with E-state index in [1.54, 1.807) is 36.4 Å². The van der Waals surface area contributed by atoms with E-state index in [2.05, 4.69) is 22.0 Å². The summed E-state index contributed by atoms with van der Waals surface area (Å²) in [4.78, 5) is 10.3. The molecular formula is C23H16BrFN2O4. The van der Waals surface area contributed by atoms with Gasteiger partial charge in [0.05, 0.1) is 23.7 Å². The summed E-state index contributed by atoms with van der Waals surface area (Å²) in [6.07, 6.45) is 1.63. The maximum absolute atomic E-state index is 13.8. The zero-order chi connectivity index (χ0) is 22.4. The van der Waals surface area contributed by atoms with Crippen LogP contribution in [0.3, 0.4) is 0 Å². The lowest BCUT2D eigenvalue weighted by molar-refractivity contribution is -0.384. The van der Waals surface area contributed by atoms with Crippen LogP contribution in [0.5, 0.6) is 11.5 Å². The second kappa shape index (κ2) is 9.87. The number of benzene rings is 3. The minimum atomic E-state index is -0.499. The lowest BCUT2D eigenvalue weighted by atomic mass is 10.0. The molecular weight excluding hydrogens is 467 g/mol. The predicted octanol–water partition coefficient (Wildman–Crippen LogP) is 6.15. The van der Waals surface area contributed by atoms with Gasteiger partial charge >= 0.3 is 0 Å². The predicted molar refractivity (Wildman–Crippen MR) is 118 cm³/mol. The highest BCUT2D eigenvalue weighted by Gasteiger charge is 2.13. The third kappa shape index (κ3) is 5.27. The van der Waals surface area contributed by atoms with Crippen LogP contribution in [0.15, 0.2) is 65.1 Å². The monoisotopic (exact) mass is 482 g/mol. The van der Waals surface area contributed by atoms with Gasteiger partial charge in [-0.05, 0) is 47.5 Å². The molecule has 0 N–H and O–H groups in total. The van der Waals surface area contributed by atoms with Crippen molar-refractivity contribution >= 4 is 33.3 Å². The molecule has 156 valence electrons. The third-order valence-electron chi connectivity index (χ3n) is 4.43. The first-order valence-electron chi connectivity index (χ1n) is 9.03. The lowest BCUT2D eigenvalue weighted by Crippen LogP contribution is -2.00. The van der Waals surface area contributed by atoms with E-state index in [0.717, 1.165) is 0 Å². The van der Waals surface area contributed by atoms with Crippen molar-refractivity contribution < 1.29 is 18.8 Å². The molecule has 31 heavy (non-hydrogen) atoms. The van der Waals surface area contributed by atoms with Gasteiger partial charge in [0.1, 0.15) is 12.4 Å². The molecule has 6 nitrogen and oxygen atoms in total. The molecule has 0 saturated heterocycles. The Morgan fingerprint density at radius 2 is 1.90 bits per heavy atom. The van der Waals surface area contributed by atoms with Crippen molar-refractivity contribution in [1.82, 2.24) is 0 Å². The molecule has 8 heteroatoms. The Bertz CT molecular complexity index is 1190. The summed E-state index contributed by atoms with van der Waals surface area (Å²) in [6, 6.07) is 17.5. The normalized spacial score (nSPS) is 11.0. The van der Waals surface area contributed by atoms with Crippen molar-refractivity contribution in [2.24, 2.45) is 0 Å². The van der Waals surface area contributed by atoms with Crippen molar-refractivity contribution in [2.45, 2.75) is 6.61 Å². The summed E-state index contributed by atoms with van der Waals surface area (Å²) in [5.41, 5.74) is 1.86. The smallest absolute Gasteiger partial charge is 0.269 e. The van der Waals surface area contributed by atoms with Crippen LogP contribution < -0.4 is 9.47 Å². The van der Waals surface area contributed by atoms with Crippen molar-refractivity contribution in [2.75, 3.05) is 7.11 Å². The van der Waals surface area contributed by atoms with Crippen LogP contribution in [0.4, 0.5) is 10.1 Å². The van der Waals surface area contributed by atoms with Crippen LogP contribution >= 0.6 is 15.9 Å². The SMILES string of the molecule is COc1cc(/C=C(/C#N)c2ccc([N+](=O)[O-])cc2)c(Br)cc1OCc1ccccc1F. The van der Waals surface area contributed by atoms with Gasteiger partial charge in [0.15, 0.2) is 11.5 Å². The number of nitriles is 1. The van der Waals surface area contributed by atoms with E-state index < -0.39 is 4.92 Å². The highest BCUT2D eigenvalue weighted by atomic mass is 79.9. The molecule has 0 bridgehead atoms. The van der Waals surface area contributed by atoms with E-state index in [4.69, 9.17) is 9.47 Å². The highest BCUT2D eigenvalue weighted by Crippen LogP contribution is 2.36. The number of allylic oxidation sites excluding steroid dienone is 1. The first kappa shape index (κ1) is 22.0. The summed E-state index contributed by atoms with van der Waals surface area (Å²) < 4.78 is 25.6.